The summed E-state index contributed by atoms with van der Waals surface area (Å²) in [5.74, 6) is 0.0787. The van der Waals surface area contributed by atoms with Crippen LogP contribution in [0.1, 0.15) is 21.7 Å². The van der Waals surface area contributed by atoms with Gasteiger partial charge in [0.15, 0.2) is 0 Å². The van der Waals surface area contributed by atoms with Gasteiger partial charge in [-0.1, -0.05) is 17.7 Å². The molecule has 1 heterocycles. The maximum Gasteiger partial charge on any atom is 0.215 e. The molecule has 0 spiro atoms. The molecule has 1 aromatic carbocycles. The van der Waals surface area contributed by atoms with Gasteiger partial charge in [0.1, 0.15) is 23.2 Å². The van der Waals surface area contributed by atoms with Crippen molar-refractivity contribution in [3.05, 3.63) is 58.4 Å². The SMILES string of the molecule is COc1ccc(Cl)cc1C(=O)c1cccc(C#N)n1. The molecule has 19 heavy (non-hydrogen) atoms. The van der Waals surface area contributed by atoms with E-state index < -0.39 is 0 Å². The molecule has 2 aromatic rings. The number of halogens is 1. The molecular weight excluding hydrogens is 264 g/mol. The van der Waals surface area contributed by atoms with Gasteiger partial charge < -0.3 is 4.74 Å². The molecular formula is C14H9ClN2O2. The Bertz CT molecular complexity index is 677. The summed E-state index contributed by atoms with van der Waals surface area (Å²) in [5.41, 5.74) is 0.684. The Kier molecular flexibility index (Phi) is 3.79. The Balaban J connectivity index is 2.49. The smallest absolute Gasteiger partial charge is 0.215 e. The van der Waals surface area contributed by atoms with Crippen molar-refractivity contribution in [2.75, 3.05) is 7.11 Å². The molecule has 2 rings (SSSR count). The highest BCUT2D eigenvalue weighted by atomic mass is 35.5. The van der Waals surface area contributed by atoms with Crippen molar-refractivity contribution in [2.24, 2.45) is 0 Å². The number of rotatable bonds is 3. The van der Waals surface area contributed by atoms with E-state index in [0.29, 0.717) is 16.3 Å². The number of hydrogen-bond donors (Lipinski definition) is 0. The summed E-state index contributed by atoms with van der Waals surface area (Å²) in [4.78, 5) is 16.3. The van der Waals surface area contributed by atoms with Gasteiger partial charge >= 0.3 is 0 Å². The lowest BCUT2D eigenvalue weighted by molar-refractivity contribution is 0.103. The summed E-state index contributed by atoms with van der Waals surface area (Å²) in [6.45, 7) is 0. The van der Waals surface area contributed by atoms with Crippen molar-refractivity contribution in [3.63, 3.8) is 0 Å². The van der Waals surface area contributed by atoms with Gasteiger partial charge in [-0.15, -0.1) is 0 Å². The first-order chi connectivity index (χ1) is 9.15. The van der Waals surface area contributed by atoms with Crippen LogP contribution in [0.4, 0.5) is 0 Å². The first-order valence-corrected chi connectivity index (χ1v) is 5.79. The van der Waals surface area contributed by atoms with Gasteiger partial charge in [-0.05, 0) is 30.3 Å². The number of carbonyl (C=O) groups excluding carboxylic acids is 1. The molecule has 0 radical (unpaired) electrons. The molecule has 0 fully saturated rings. The fraction of sp³-hybridized carbons (Fsp3) is 0.0714. The zero-order chi connectivity index (χ0) is 13.8. The predicted molar refractivity (Wildman–Crippen MR) is 70.4 cm³/mol. The van der Waals surface area contributed by atoms with Crippen LogP contribution < -0.4 is 4.74 Å². The highest BCUT2D eigenvalue weighted by Gasteiger charge is 2.16. The number of pyridine rings is 1. The van der Waals surface area contributed by atoms with E-state index in [1.807, 2.05) is 6.07 Å². The van der Waals surface area contributed by atoms with Crippen LogP contribution in [0.25, 0.3) is 0 Å². The zero-order valence-corrected chi connectivity index (χ0v) is 10.8. The Morgan fingerprint density at radius 2 is 2.16 bits per heavy atom. The van der Waals surface area contributed by atoms with Gasteiger partial charge in [-0.25, -0.2) is 4.98 Å². The Morgan fingerprint density at radius 3 is 2.84 bits per heavy atom. The van der Waals surface area contributed by atoms with E-state index in [9.17, 15) is 4.79 Å². The van der Waals surface area contributed by atoms with Crippen LogP contribution in [0.15, 0.2) is 36.4 Å². The molecule has 0 aliphatic rings. The third-order valence-corrected chi connectivity index (χ3v) is 2.74. The van der Waals surface area contributed by atoms with Crippen molar-refractivity contribution in [2.45, 2.75) is 0 Å². The number of ether oxygens (including phenoxy) is 1. The summed E-state index contributed by atoms with van der Waals surface area (Å²) in [6, 6.07) is 11.3. The number of nitrogens with zero attached hydrogens (tertiary/aromatic N) is 2. The second kappa shape index (κ2) is 5.51. The fourth-order valence-corrected chi connectivity index (χ4v) is 1.79. The molecule has 0 N–H and O–H groups in total. The largest absolute Gasteiger partial charge is 0.496 e. The second-order valence-electron chi connectivity index (χ2n) is 3.69. The van der Waals surface area contributed by atoms with E-state index in [1.165, 1.54) is 19.2 Å². The molecule has 4 nitrogen and oxygen atoms in total. The van der Waals surface area contributed by atoms with Gasteiger partial charge in [-0.3, -0.25) is 4.79 Å². The third kappa shape index (κ3) is 2.72. The Labute approximate surface area is 115 Å². The number of ketones is 1. The molecule has 1 aromatic heterocycles. The maximum atomic E-state index is 12.3. The van der Waals surface area contributed by atoms with E-state index in [4.69, 9.17) is 21.6 Å². The maximum absolute atomic E-state index is 12.3. The van der Waals surface area contributed by atoms with Gasteiger partial charge in [0, 0.05) is 5.02 Å². The van der Waals surface area contributed by atoms with E-state index in [-0.39, 0.29) is 17.2 Å². The van der Waals surface area contributed by atoms with E-state index in [1.54, 1.807) is 24.3 Å². The van der Waals surface area contributed by atoms with Crippen molar-refractivity contribution >= 4 is 17.4 Å². The number of methoxy groups -OCH3 is 1. The van der Waals surface area contributed by atoms with Crippen molar-refractivity contribution in [1.29, 1.82) is 5.26 Å². The number of carbonyl (C=O) groups is 1. The van der Waals surface area contributed by atoms with Gasteiger partial charge in [0.25, 0.3) is 0 Å². The predicted octanol–water partition coefficient (Wildman–Crippen LogP) is 2.85. The van der Waals surface area contributed by atoms with Crippen LogP contribution in [0.3, 0.4) is 0 Å². The monoisotopic (exact) mass is 272 g/mol. The van der Waals surface area contributed by atoms with Gasteiger partial charge in [0.05, 0.1) is 12.7 Å². The third-order valence-electron chi connectivity index (χ3n) is 2.50. The van der Waals surface area contributed by atoms with Gasteiger partial charge in [-0.2, -0.15) is 5.26 Å². The first-order valence-electron chi connectivity index (χ1n) is 5.41. The molecule has 0 amide bonds. The number of aromatic nitrogens is 1. The number of nitriles is 1. The Hall–Kier alpha value is -2.38. The van der Waals surface area contributed by atoms with Crippen LogP contribution in [-0.2, 0) is 0 Å². The van der Waals surface area contributed by atoms with Crippen molar-refractivity contribution in [3.8, 4) is 11.8 Å². The summed E-state index contributed by atoms with van der Waals surface area (Å²) in [5, 5.41) is 9.22. The molecule has 0 bridgehead atoms. The zero-order valence-electron chi connectivity index (χ0n) is 10.1. The average Bonchev–Trinajstić information content (AvgIpc) is 2.46. The minimum Gasteiger partial charge on any atom is -0.496 e. The number of hydrogen-bond acceptors (Lipinski definition) is 4. The lowest BCUT2D eigenvalue weighted by atomic mass is 10.1. The molecule has 0 unspecified atom stereocenters. The second-order valence-corrected chi connectivity index (χ2v) is 4.13. The minimum absolute atomic E-state index is 0.180. The summed E-state index contributed by atoms with van der Waals surface area (Å²) in [6.07, 6.45) is 0. The fourth-order valence-electron chi connectivity index (χ4n) is 1.62. The summed E-state index contributed by atoms with van der Waals surface area (Å²) < 4.78 is 5.13. The topological polar surface area (TPSA) is 63.0 Å². The summed E-state index contributed by atoms with van der Waals surface area (Å²) >= 11 is 5.88. The molecule has 0 atom stereocenters. The van der Waals surface area contributed by atoms with Crippen LogP contribution in [-0.4, -0.2) is 17.9 Å². The normalized spacial score (nSPS) is 9.74. The minimum atomic E-state index is -0.337. The van der Waals surface area contributed by atoms with Gasteiger partial charge in [0.2, 0.25) is 5.78 Å². The highest BCUT2D eigenvalue weighted by molar-refractivity contribution is 6.31. The van der Waals surface area contributed by atoms with E-state index in [0.717, 1.165) is 0 Å². The molecule has 0 aliphatic carbocycles. The van der Waals surface area contributed by atoms with E-state index >= 15 is 0 Å². The average molecular weight is 273 g/mol. The molecule has 0 saturated heterocycles. The van der Waals surface area contributed by atoms with Crippen LogP contribution in [0.2, 0.25) is 5.02 Å². The van der Waals surface area contributed by atoms with Crippen LogP contribution in [0.5, 0.6) is 5.75 Å². The molecule has 5 heteroatoms. The molecule has 94 valence electrons. The van der Waals surface area contributed by atoms with Crippen LogP contribution >= 0.6 is 11.6 Å². The molecule has 0 aliphatic heterocycles. The van der Waals surface area contributed by atoms with Crippen molar-refractivity contribution < 1.29 is 9.53 Å². The highest BCUT2D eigenvalue weighted by Crippen LogP contribution is 2.24. The molecule has 0 saturated carbocycles. The standard InChI is InChI=1S/C14H9ClN2O2/c1-19-13-6-5-9(15)7-11(13)14(18)12-4-2-3-10(8-16)17-12/h2-7H,1H3. The van der Waals surface area contributed by atoms with Crippen LogP contribution in [0, 0.1) is 11.3 Å². The Morgan fingerprint density at radius 1 is 1.37 bits per heavy atom. The summed E-state index contributed by atoms with van der Waals surface area (Å²) in [7, 11) is 1.47. The lowest BCUT2D eigenvalue weighted by Gasteiger charge is -2.07. The quantitative estimate of drug-likeness (QED) is 0.806. The number of benzene rings is 1. The van der Waals surface area contributed by atoms with Crippen molar-refractivity contribution in [1.82, 2.24) is 4.98 Å². The first kappa shape index (κ1) is 13.1. The lowest BCUT2D eigenvalue weighted by Crippen LogP contribution is -2.07. The van der Waals surface area contributed by atoms with E-state index in [2.05, 4.69) is 4.98 Å².